The molecule has 0 saturated heterocycles. The first-order valence-electron chi connectivity index (χ1n) is 5.81. The van der Waals surface area contributed by atoms with Gasteiger partial charge >= 0.3 is 0 Å². The van der Waals surface area contributed by atoms with Crippen LogP contribution in [0, 0.1) is 12.8 Å². The molecule has 0 saturated carbocycles. The molecule has 0 atom stereocenters. The van der Waals surface area contributed by atoms with Crippen LogP contribution in [0.2, 0.25) is 0 Å². The Balaban J connectivity index is 2.71. The minimum atomic E-state index is -0.298. The van der Waals surface area contributed by atoms with Crippen molar-refractivity contribution >= 4 is 5.91 Å². The van der Waals surface area contributed by atoms with Gasteiger partial charge in [-0.3, -0.25) is 9.63 Å². The largest absolute Gasteiger partial charge is 0.360 e. The molecule has 1 aromatic heterocycles. The summed E-state index contributed by atoms with van der Waals surface area (Å²) in [5, 5.41) is 3.81. The van der Waals surface area contributed by atoms with E-state index in [1.807, 2.05) is 27.7 Å². The van der Waals surface area contributed by atoms with Gasteiger partial charge in [-0.15, -0.1) is 0 Å². The van der Waals surface area contributed by atoms with E-state index in [9.17, 15) is 4.79 Å². The van der Waals surface area contributed by atoms with Gasteiger partial charge in [0, 0.05) is 5.92 Å². The smallest absolute Gasteiger partial charge is 0.280 e. The van der Waals surface area contributed by atoms with E-state index in [1.54, 1.807) is 6.92 Å². The van der Waals surface area contributed by atoms with Crippen LogP contribution in [0.3, 0.4) is 0 Å². The number of aryl methyl sites for hydroxylation is 1. The van der Waals surface area contributed by atoms with E-state index >= 15 is 0 Å². The van der Waals surface area contributed by atoms with Crippen LogP contribution in [0.25, 0.3) is 0 Å². The fourth-order valence-electron chi connectivity index (χ4n) is 1.38. The highest BCUT2D eigenvalue weighted by Gasteiger charge is 2.22. The standard InChI is InChI=1S/C12H20N2O3/c1-7(2)6-16-14-12(15)10-9(5)13-17-11(10)8(3)4/h7-8H,6H2,1-5H3,(H,14,15). The van der Waals surface area contributed by atoms with Gasteiger partial charge in [0.1, 0.15) is 5.56 Å². The normalized spacial score (nSPS) is 11.2. The molecule has 0 bridgehead atoms. The summed E-state index contributed by atoms with van der Waals surface area (Å²) in [5.74, 6) is 0.770. The summed E-state index contributed by atoms with van der Waals surface area (Å²) in [7, 11) is 0. The average Bonchev–Trinajstić information content (AvgIpc) is 2.59. The summed E-state index contributed by atoms with van der Waals surface area (Å²) in [6, 6.07) is 0. The topological polar surface area (TPSA) is 64.4 Å². The number of hydroxylamine groups is 1. The number of carbonyl (C=O) groups excluding carboxylic acids is 1. The fraction of sp³-hybridized carbons (Fsp3) is 0.667. The van der Waals surface area contributed by atoms with Crippen molar-refractivity contribution in [3.63, 3.8) is 0 Å². The predicted molar refractivity (Wildman–Crippen MR) is 63.6 cm³/mol. The van der Waals surface area contributed by atoms with Crippen LogP contribution in [0.15, 0.2) is 4.52 Å². The first-order chi connectivity index (χ1) is 7.93. The molecule has 1 rings (SSSR count). The Bertz CT molecular complexity index is 383. The molecular formula is C12H20N2O3. The van der Waals surface area contributed by atoms with Crippen LogP contribution >= 0.6 is 0 Å². The molecular weight excluding hydrogens is 220 g/mol. The molecule has 0 aliphatic rings. The lowest BCUT2D eigenvalue weighted by molar-refractivity contribution is 0.0206. The second kappa shape index (κ2) is 5.82. The maximum Gasteiger partial charge on any atom is 0.280 e. The van der Waals surface area contributed by atoms with Crippen molar-refractivity contribution in [2.24, 2.45) is 5.92 Å². The summed E-state index contributed by atoms with van der Waals surface area (Å²) < 4.78 is 5.14. The number of aromatic nitrogens is 1. The molecule has 5 nitrogen and oxygen atoms in total. The molecule has 0 fully saturated rings. The number of nitrogens with zero attached hydrogens (tertiary/aromatic N) is 1. The Morgan fingerprint density at radius 2 is 2.06 bits per heavy atom. The molecule has 0 radical (unpaired) electrons. The third-order valence-electron chi connectivity index (χ3n) is 2.22. The van der Waals surface area contributed by atoms with E-state index in [-0.39, 0.29) is 11.8 Å². The quantitative estimate of drug-likeness (QED) is 0.803. The molecule has 0 aliphatic carbocycles. The first kappa shape index (κ1) is 13.7. The minimum absolute atomic E-state index is 0.113. The molecule has 1 aromatic rings. The zero-order valence-electron chi connectivity index (χ0n) is 11.0. The van der Waals surface area contributed by atoms with Crippen LogP contribution in [0.1, 0.15) is 55.4 Å². The van der Waals surface area contributed by atoms with Gasteiger partial charge in [-0.1, -0.05) is 32.9 Å². The molecule has 0 aliphatic heterocycles. The number of hydrogen-bond donors (Lipinski definition) is 1. The van der Waals surface area contributed by atoms with Crippen molar-refractivity contribution in [3.05, 3.63) is 17.0 Å². The lowest BCUT2D eigenvalue weighted by Gasteiger charge is -2.08. The van der Waals surface area contributed by atoms with Crippen LogP contribution in [-0.4, -0.2) is 17.7 Å². The van der Waals surface area contributed by atoms with Gasteiger partial charge in [-0.25, -0.2) is 5.48 Å². The van der Waals surface area contributed by atoms with Crippen LogP contribution < -0.4 is 5.48 Å². The number of amides is 1. The molecule has 17 heavy (non-hydrogen) atoms. The summed E-state index contributed by atoms with van der Waals surface area (Å²) in [5.41, 5.74) is 3.47. The number of nitrogens with one attached hydrogen (secondary N) is 1. The van der Waals surface area contributed by atoms with Gasteiger partial charge in [-0.2, -0.15) is 0 Å². The number of hydrogen-bond acceptors (Lipinski definition) is 4. The van der Waals surface area contributed by atoms with Crippen molar-refractivity contribution in [1.82, 2.24) is 10.6 Å². The summed E-state index contributed by atoms with van der Waals surface area (Å²) in [6.07, 6.45) is 0. The van der Waals surface area contributed by atoms with Crippen molar-refractivity contribution in [2.75, 3.05) is 6.61 Å². The second-order valence-electron chi connectivity index (χ2n) is 4.80. The fourth-order valence-corrected chi connectivity index (χ4v) is 1.38. The molecule has 1 heterocycles. The second-order valence-corrected chi connectivity index (χ2v) is 4.80. The minimum Gasteiger partial charge on any atom is -0.360 e. The highest BCUT2D eigenvalue weighted by Crippen LogP contribution is 2.21. The Hall–Kier alpha value is -1.36. The van der Waals surface area contributed by atoms with Crippen LogP contribution in [-0.2, 0) is 4.84 Å². The number of carbonyl (C=O) groups is 1. The van der Waals surface area contributed by atoms with Gasteiger partial charge in [0.2, 0.25) is 0 Å². The van der Waals surface area contributed by atoms with E-state index in [0.717, 1.165) is 0 Å². The van der Waals surface area contributed by atoms with E-state index in [0.29, 0.717) is 29.5 Å². The highest BCUT2D eigenvalue weighted by atomic mass is 16.7. The highest BCUT2D eigenvalue weighted by molar-refractivity contribution is 5.95. The Kier molecular flexibility index (Phi) is 4.69. The van der Waals surface area contributed by atoms with Crippen molar-refractivity contribution in [2.45, 2.75) is 40.5 Å². The van der Waals surface area contributed by atoms with Crippen molar-refractivity contribution in [1.29, 1.82) is 0 Å². The van der Waals surface area contributed by atoms with E-state index in [4.69, 9.17) is 9.36 Å². The van der Waals surface area contributed by atoms with Gasteiger partial charge < -0.3 is 4.52 Å². The van der Waals surface area contributed by atoms with E-state index in [1.165, 1.54) is 0 Å². The predicted octanol–water partition coefficient (Wildman–Crippen LogP) is 2.42. The Morgan fingerprint density at radius 3 is 2.59 bits per heavy atom. The van der Waals surface area contributed by atoms with Crippen molar-refractivity contribution < 1.29 is 14.2 Å². The summed E-state index contributed by atoms with van der Waals surface area (Å²) in [4.78, 5) is 17.0. The number of rotatable bonds is 5. The zero-order valence-corrected chi connectivity index (χ0v) is 11.0. The maximum absolute atomic E-state index is 11.9. The molecule has 0 aromatic carbocycles. The molecule has 0 spiro atoms. The van der Waals surface area contributed by atoms with Gasteiger partial charge in [-0.05, 0) is 12.8 Å². The van der Waals surface area contributed by atoms with Gasteiger partial charge in [0.05, 0.1) is 12.3 Å². The maximum atomic E-state index is 11.9. The van der Waals surface area contributed by atoms with Crippen molar-refractivity contribution in [3.8, 4) is 0 Å². The van der Waals surface area contributed by atoms with E-state index < -0.39 is 0 Å². The molecule has 0 unspecified atom stereocenters. The lowest BCUT2D eigenvalue weighted by Crippen LogP contribution is -2.26. The molecule has 1 amide bonds. The summed E-state index contributed by atoms with van der Waals surface area (Å²) >= 11 is 0. The van der Waals surface area contributed by atoms with Gasteiger partial charge in [0.25, 0.3) is 5.91 Å². The monoisotopic (exact) mass is 240 g/mol. The lowest BCUT2D eigenvalue weighted by atomic mass is 10.1. The first-order valence-corrected chi connectivity index (χ1v) is 5.81. The Morgan fingerprint density at radius 1 is 1.41 bits per heavy atom. The molecule has 96 valence electrons. The average molecular weight is 240 g/mol. The third-order valence-corrected chi connectivity index (χ3v) is 2.22. The van der Waals surface area contributed by atoms with Crippen LogP contribution in [0.5, 0.6) is 0 Å². The van der Waals surface area contributed by atoms with E-state index in [2.05, 4.69) is 10.6 Å². The van der Waals surface area contributed by atoms with Gasteiger partial charge in [0.15, 0.2) is 5.76 Å². The SMILES string of the molecule is Cc1noc(C(C)C)c1C(=O)NOCC(C)C. The Labute approximate surface area is 101 Å². The third kappa shape index (κ3) is 3.56. The molecule has 1 N–H and O–H groups in total. The zero-order chi connectivity index (χ0) is 13.0. The molecule has 5 heteroatoms. The van der Waals surface area contributed by atoms with Crippen LogP contribution in [0.4, 0.5) is 0 Å². The summed E-state index contributed by atoms with van der Waals surface area (Å²) in [6.45, 7) is 10.1.